The van der Waals surface area contributed by atoms with Crippen LogP contribution in [0.25, 0.3) is 0 Å². The quantitative estimate of drug-likeness (QED) is 0.885. The van der Waals surface area contributed by atoms with Gasteiger partial charge in [-0.1, -0.05) is 25.0 Å². The maximum Gasteiger partial charge on any atom is 0.169 e. The second kappa shape index (κ2) is 5.51. The van der Waals surface area contributed by atoms with Gasteiger partial charge in [0.1, 0.15) is 0 Å². The molecule has 1 atom stereocenters. The van der Waals surface area contributed by atoms with E-state index in [1.54, 1.807) is 18.2 Å². The largest absolute Gasteiger partial charge is 0.494 e. The Kier molecular flexibility index (Phi) is 4.56. The summed E-state index contributed by atoms with van der Waals surface area (Å²) in [6.45, 7) is 0. The predicted octanol–water partition coefficient (Wildman–Crippen LogP) is 3.06. The third kappa shape index (κ3) is 2.86. The van der Waals surface area contributed by atoms with Crippen LogP contribution in [0.2, 0.25) is 0 Å². The average molecular weight is 246 g/mol. The van der Waals surface area contributed by atoms with Crippen LogP contribution in [-0.4, -0.2) is 7.11 Å². The van der Waals surface area contributed by atoms with Crippen LogP contribution in [0.15, 0.2) is 18.2 Å². The van der Waals surface area contributed by atoms with Gasteiger partial charge in [0.2, 0.25) is 0 Å². The van der Waals surface area contributed by atoms with Crippen LogP contribution in [0, 0.1) is 11.7 Å². The SMILES string of the molecule is COc1cccc([C@@H](N)CC2CC2)c1F.Cl. The van der Waals surface area contributed by atoms with Crippen LogP contribution < -0.4 is 10.5 Å². The lowest BCUT2D eigenvalue weighted by atomic mass is 10.0. The van der Waals surface area contributed by atoms with Gasteiger partial charge in [0, 0.05) is 11.6 Å². The van der Waals surface area contributed by atoms with E-state index in [0.717, 1.165) is 6.42 Å². The number of rotatable bonds is 4. The first-order valence-electron chi connectivity index (χ1n) is 5.30. The van der Waals surface area contributed by atoms with Crippen LogP contribution in [0.4, 0.5) is 4.39 Å². The summed E-state index contributed by atoms with van der Waals surface area (Å²) in [5, 5.41) is 0. The standard InChI is InChI=1S/C12H16FNO.ClH/c1-15-11-4-2-3-9(12(11)13)10(14)7-8-5-6-8;/h2-4,8,10H,5-7,14H2,1H3;1H/t10-;/m0./s1. The molecule has 1 aliphatic carbocycles. The fourth-order valence-corrected chi connectivity index (χ4v) is 1.81. The van der Waals surface area contributed by atoms with Crippen molar-refractivity contribution < 1.29 is 9.13 Å². The first-order valence-corrected chi connectivity index (χ1v) is 5.30. The molecule has 0 amide bonds. The zero-order valence-corrected chi connectivity index (χ0v) is 10.1. The minimum absolute atomic E-state index is 0. The topological polar surface area (TPSA) is 35.2 Å². The monoisotopic (exact) mass is 245 g/mol. The van der Waals surface area contributed by atoms with Crippen molar-refractivity contribution in [1.29, 1.82) is 0 Å². The third-order valence-corrected chi connectivity index (χ3v) is 2.90. The summed E-state index contributed by atoms with van der Waals surface area (Å²) in [5.41, 5.74) is 6.54. The molecule has 1 aromatic rings. The fraction of sp³-hybridized carbons (Fsp3) is 0.500. The van der Waals surface area contributed by atoms with Crippen molar-refractivity contribution in [3.8, 4) is 5.75 Å². The molecule has 16 heavy (non-hydrogen) atoms. The molecule has 1 aromatic carbocycles. The van der Waals surface area contributed by atoms with Gasteiger partial charge in [-0.15, -0.1) is 12.4 Å². The van der Waals surface area contributed by atoms with Gasteiger partial charge in [-0.2, -0.15) is 0 Å². The van der Waals surface area contributed by atoms with E-state index in [1.165, 1.54) is 20.0 Å². The van der Waals surface area contributed by atoms with Crippen molar-refractivity contribution in [2.75, 3.05) is 7.11 Å². The van der Waals surface area contributed by atoms with Gasteiger partial charge < -0.3 is 10.5 Å². The molecule has 0 aliphatic heterocycles. The molecule has 1 aliphatic rings. The molecule has 0 aromatic heterocycles. The second-order valence-electron chi connectivity index (χ2n) is 4.15. The second-order valence-corrected chi connectivity index (χ2v) is 4.15. The summed E-state index contributed by atoms with van der Waals surface area (Å²) >= 11 is 0. The Labute approximate surface area is 101 Å². The minimum Gasteiger partial charge on any atom is -0.494 e. The van der Waals surface area contributed by atoms with Gasteiger partial charge >= 0.3 is 0 Å². The molecule has 0 unspecified atom stereocenters. The van der Waals surface area contributed by atoms with Crippen LogP contribution in [0.1, 0.15) is 30.9 Å². The summed E-state index contributed by atoms with van der Waals surface area (Å²) in [7, 11) is 1.47. The summed E-state index contributed by atoms with van der Waals surface area (Å²) < 4.78 is 18.7. The molecule has 2 N–H and O–H groups in total. The van der Waals surface area contributed by atoms with E-state index in [-0.39, 0.29) is 30.0 Å². The van der Waals surface area contributed by atoms with Crippen molar-refractivity contribution in [2.45, 2.75) is 25.3 Å². The van der Waals surface area contributed by atoms with Crippen molar-refractivity contribution in [1.82, 2.24) is 0 Å². The molecule has 2 nitrogen and oxygen atoms in total. The number of benzene rings is 1. The predicted molar refractivity (Wildman–Crippen MR) is 64.5 cm³/mol. The minimum atomic E-state index is -0.312. The number of methoxy groups -OCH3 is 1. The van der Waals surface area contributed by atoms with E-state index in [0.29, 0.717) is 11.5 Å². The summed E-state index contributed by atoms with van der Waals surface area (Å²) in [4.78, 5) is 0. The van der Waals surface area contributed by atoms with Crippen molar-refractivity contribution in [3.05, 3.63) is 29.6 Å². The van der Waals surface area contributed by atoms with Crippen LogP contribution in [0.3, 0.4) is 0 Å². The molecule has 0 saturated heterocycles. The van der Waals surface area contributed by atoms with Crippen molar-refractivity contribution in [2.24, 2.45) is 11.7 Å². The Hall–Kier alpha value is -0.800. The van der Waals surface area contributed by atoms with Gasteiger partial charge in [0.25, 0.3) is 0 Å². The summed E-state index contributed by atoms with van der Waals surface area (Å²) in [6.07, 6.45) is 3.35. The molecule has 90 valence electrons. The molecule has 0 bridgehead atoms. The van der Waals surface area contributed by atoms with Gasteiger partial charge in [-0.05, 0) is 18.4 Å². The Balaban J connectivity index is 0.00000128. The normalized spacial score (nSPS) is 16.4. The third-order valence-electron chi connectivity index (χ3n) is 2.90. The average Bonchev–Trinajstić information content (AvgIpc) is 3.02. The van der Waals surface area contributed by atoms with Gasteiger partial charge in [-0.3, -0.25) is 0 Å². The number of ether oxygens (including phenoxy) is 1. The number of hydrogen-bond donors (Lipinski definition) is 1. The Morgan fingerprint density at radius 2 is 2.19 bits per heavy atom. The van der Waals surface area contributed by atoms with Crippen molar-refractivity contribution in [3.63, 3.8) is 0 Å². The molecule has 2 rings (SSSR count). The first-order chi connectivity index (χ1) is 7.22. The van der Waals surface area contributed by atoms with Crippen molar-refractivity contribution >= 4 is 12.4 Å². The Bertz CT molecular complexity index is 355. The molecule has 0 spiro atoms. The van der Waals surface area contributed by atoms with Crippen LogP contribution in [-0.2, 0) is 0 Å². The maximum absolute atomic E-state index is 13.8. The maximum atomic E-state index is 13.8. The van der Waals surface area contributed by atoms with E-state index in [4.69, 9.17) is 10.5 Å². The van der Waals surface area contributed by atoms with E-state index >= 15 is 0 Å². The number of halogens is 2. The zero-order chi connectivity index (χ0) is 10.8. The highest BCUT2D eigenvalue weighted by Gasteiger charge is 2.26. The van der Waals surface area contributed by atoms with Crippen LogP contribution >= 0.6 is 12.4 Å². The van der Waals surface area contributed by atoms with Crippen LogP contribution in [0.5, 0.6) is 5.75 Å². The van der Waals surface area contributed by atoms with E-state index < -0.39 is 0 Å². The van der Waals surface area contributed by atoms with E-state index in [9.17, 15) is 4.39 Å². The molecular formula is C12H17ClFNO. The smallest absolute Gasteiger partial charge is 0.169 e. The lowest BCUT2D eigenvalue weighted by molar-refractivity contribution is 0.381. The molecule has 1 saturated carbocycles. The lowest BCUT2D eigenvalue weighted by Gasteiger charge is -2.13. The first kappa shape index (κ1) is 13.3. The fourth-order valence-electron chi connectivity index (χ4n) is 1.81. The number of hydrogen-bond acceptors (Lipinski definition) is 2. The van der Waals surface area contributed by atoms with E-state index in [2.05, 4.69) is 0 Å². The zero-order valence-electron chi connectivity index (χ0n) is 9.28. The highest BCUT2D eigenvalue weighted by molar-refractivity contribution is 5.85. The van der Waals surface area contributed by atoms with E-state index in [1.807, 2.05) is 0 Å². The van der Waals surface area contributed by atoms with Gasteiger partial charge in [0.05, 0.1) is 7.11 Å². The molecule has 0 radical (unpaired) electrons. The lowest BCUT2D eigenvalue weighted by Crippen LogP contribution is -2.13. The highest BCUT2D eigenvalue weighted by atomic mass is 35.5. The highest BCUT2D eigenvalue weighted by Crippen LogP contribution is 2.37. The van der Waals surface area contributed by atoms with Gasteiger partial charge in [-0.25, -0.2) is 4.39 Å². The summed E-state index contributed by atoms with van der Waals surface area (Å²) in [5.74, 6) is 0.664. The molecule has 1 fully saturated rings. The summed E-state index contributed by atoms with van der Waals surface area (Å²) in [6, 6.07) is 4.94. The molecular weight excluding hydrogens is 229 g/mol. The molecule has 4 heteroatoms. The molecule has 0 heterocycles. The Morgan fingerprint density at radius 1 is 1.50 bits per heavy atom. The Morgan fingerprint density at radius 3 is 2.75 bits per heavy atom. The number of nitrogens with two attached hydrogens (primary N) is 1. The van der Waals surface area contributed by atoms with Gasteiger partial charge in [0.15, 0.2) is 11.6 Å².